The second kappa shape index (κ2) is 30.5. The maximum Gasteiger partial charge on any atom is 0.154 e. The lowest BCUT2D eigenvalue weighted by molar-refractivity contribution is -0.929. The van der Waals surface area contributed by atoms with Gasteiger partial charge in [0, 0.05) is 0 Å². The van der Waals surface area contributed by atoms with Gasteiger partial charge < -0.3 is 19.5 Å². The van der Waals surface area contributed by atoms with Crippen LogP contribution in [-0.4, -0.2) is 41.7 Å². The summed E-state index contributed by atoms with van der Waals surface area (Å²) in [6.07, 6.45) is 34.8. The zero-order valence-electron chi connectivity index (χ0n) is 33.3. The van der Waals surface area contributed by atoms with E-state index in [-0.39, 0.29) is 11.1 Å². The molecule has 0 fully saturated rings. The van der Waals surface area contributed by atoms with Gasteiger partial charge in [0.15, 0.2) is 5.60 Å². The molecule has 0 aliphatic rings. The van der Waals surface area contributed by atoms with Gasteiger partial charge in [0.2, 0.25) is 0 Å². The zero-order chi connectivity index (χ0) is 36.6. The van der Waals surface area contributed by atoms with E-state index in [0.717, 1.165) is 0 Å². The number of unbranched alkanes of at least 4 members (excludes halogenated alkanes) is 20. The number of benzene rings is 2. The van der Waals surface area contributed by atoms with Crippen LogP contribution in [0.15, 0.2) is 60.7 Å². The summed E-state index contributed by atoms with van der Waals surface area (Å²) in [7, 11) is 0. The number of rotatable bonds is 31. The minimum atomic E-state index is -2.11. The second-order valence-electron chi connectivity index (χ2n) is 15.0. The number of hydrogen-bond donors (Lipinski definition) is 1. The Balaban J connectivity index is 0.000000607. The first-order chi connectivity index (χ1) is 24.4. The molecule has 0 bridgehead atoms. The van der Waals surface area contributed by atoms with Gasteiger partial charge in [0.1, 0.15) is 0 Å². The van der Waals surface area contributed by atoms with Crippen molar-refractivity contribution in [3.8, 4) is 0 Å². The molecule has 2 rings (SSSR count). The molecule has 0 radical (unpaired) electrons. The number of aliphatic hydroxyl groups is 1. The molecule has 0 atom stereocenters. The molecule has 0 saturated heterocycles. The van der Waals surface area contributed by atoms with Crippen LogP contribution in [0.1, 0.15) is 193 Å². The lowest BCUT2D eigenvalue weighted by Crippen LogP contribution is -2.50. The number of carbonyl (C=O) groups excluding carboxylic acids is 1. The average Bonchev–Trinajstić information content (AvgIpc) is 3.14. The summed E-state index contributed by atoms with van der Waals surface area (Å²) in [6.45, 7) is 15.3. The molecule has 286 valence electrons. The summed E-state index contributed by atoms with van der Waals surface area (Å²) in [6, 6.07) is 16.4. The van der Waals surface area contributed by atoms with Crippen molar-refractivity contribution in [2.75, 3.05) is 26.2 Å². The molecule has 0 saturated carbocycles. The van der Waals surface area contributed by atoms with Gasteiger partial charge >= 0.3 is 0 Å². The van der Waals surface area contributed by atoms with Crippen molar-refractivity contribution in [3.63, 3.8) is 0 Å². The maximum atomic E-state index is 11.3. The van der Waals surface area contributed by atoms with Crippen molar-refractivity contribution < 1.29 is 19.5 Å². The molecule has 4 heteroatoms. The van der Waals surface area contributed by atoms with Gasteiger partial charge in [0.25, 0.3) is 0 Å². The molecular formula is C46H79NO3. The molecular weight excluding hydrogens is 615 g/mol. The number of hydrogen-bond acceptors (Lipinski definition) is 3. The third kappa shape index (κ3) is 20.0. The number of carbonyl (C=O) groups is 1. The standard InChI is InChI=1S/C32H68N.C14H12O3/c1-5-9-13-17-21-25-29-33(30-26-22-18-14-10-6-2,31-27-23-19-15-11-7-3)32-28-24-20-16-12-8-4;15-13(16)14(17,11-7-3-1-4-8-11)12-9-5-2-6-10-12/h5-32H2,1-4H3;1-10,17H,(H,15,16)/q+1;/p-1. The van der Waals surface area contributed by atoms with Gasteiger partial charge in [-0.05, 0) is 62.5 Å². The Bertz CT molecular complexity index is 915. The van der Waals surface area contributed by atoms with Crippen molar-refractivity contribution in [3.05, 3.63) is 71.8 Å². The summed E-state index contributed by atoms with van der Waals surface area (Å²) in [4.78, 5) is 11.3. The quantitative estimate of drug-likeness (QED) is 0.0631. The number of nitrogens with zero attached hydrogens (tertiary/aromatic N) is 1. The highest BCUT2D eigenvalue weighted by Gasteiger charge is 2.33. The molecule has 4 nitrogen and oxygen atoms in total. The second-order valence-corrected chi connectivity index (χ2v) is 15.0. The minimum absolute atomic E-state index is 0.284. The smallest absolute Gasteiger partial charge is 0.154 e. The van der Waals surface area contributed by atoms with E-state index >= 15 is 0 Å². The molecule has 2 aromatic carbocycles. The van der Waals surface area contributed by atoms with Crippen LogP contribution < -0.4 is 5.11 Å². The Kier molecular flexibility index (Phi) is 27.9. The Morgan fingerprint density at radius 3 is 0.940 bits per heavy atom. The van der Waals surface area contributed by atoms with E-state index in [2.05, 4.69) is 27.7 Å². The Labute approximate surface area is 310 Å². The third-order valence-electron chi connectivity index (χ3n) is 10.6. The van der Waals surface area contributed by atoms with Crippen LogP contribution >= 0.6 is 0 Å². The molecule has 0 amide bonds. The molecule has 0 heterocycles. The van der Waals surface area contributed by atoms with Crippen molar-refractivity contribution in [1.82, 2.24) is 0 Å². The fourth-order valence-electron chi connectivity index (χ4n) is 7.34. The van der Waals surface area contributed by atoms with Gasteiger partial charge in [-0.2, -0.15) is 0 Å². The highest BCUT2D eigenvalue weighted by Crippen LogP contribution is 2.29. The van der Waals surface area contributed by atoms with Gasteiger partial charge in [-0.3, -0.25) is 0 Å². The topological polar surface area (TPSA) is 60.4 Å². The van der Waals surface area contributed by atoms with E-state index in [1.54, 1.807) is 60.7 Å². The summed E-state index contributed by atoms with van der Waals surface area (Å²) < 4.78 is 1.48. The van der Waals surface area contributed by atoms with E-state index in [1.807, 2.05) is 0 Å². The largest absolute Gasteiger partial charge is 0.546 e. The van der Waals surface area contributed by atoms with Gasteiger partial charge in [-0.25, -0.2) is 0 Å². The van der Waals surface area contributed by atoms with Gasteiger partial charge in [-0.15, -0.1) is 0 Å². The van der Waals surface area contributed by atoms with E-state index in [4.69, 9.17) is 0 Å². The number of carboxylic acid groups (broad SMARTS) is 1. The van der Waals surface area contributed by atoms with E-state index in [1.165, 1.54) is 185 Å². The molecule has 50 heavy (non-hydrogen) atoms. The van der Waals surface area contributed by atoms with Gasteiger partial charge in [-0.1, -0.05) is 191 Å². The molecule has 1 N–H and O–H groups in total. The molecule has 0 aliphatic heterocycles. The van der Waals surface area contributed by atoms with Crippen molar-refractivity contribution in [2.45, 2.75) is 187 Å². The Hall–Kier alpha value is -2.17. The van der Waals surface area contributed by atoms with Crippen LogP contribution in [-0.2, 0) is 10.4 Å². The summed E-state index contributed by atoms with van der Waals surface area (Å²) in [5, 5.41) is 21.6. The van der Waals surface area contributed by atoms with Crippen molar-refractivity contribution in [2.24, 2.45) is 0 Å². The van der Waals surface area contributed by atoms with Crippen LogP contribution in [0.5, 0.6) is 0 Å². The Morgan fingerprint density at radius 2 is 0.700 bits per heavy atom. The predicted octanol–water partition coefficient (Wildman–Crippen LogP) is 11.9. The first-order valence-corrected chi connectivity index (χ1v) is 21.3. The Morgan fingerprint density at radius 1 is 0.460 bits per heavy atom. The number of carboxylic acids is 1. The first-order valence-electron chi connectivity index (χ1n) is 21.3. The molecule has 0 unspecified atom stereocenters. The first kappa shape index (κ1) is 45.9. The van der Waals surface area contributed by atoms with E-state index < -0.39 is 11.6 Å². The van der Waals surface area contributed by atoms with Crippen LogP contribution in [0.25, 0.3) is 0 Å². The highest BCUT2D eigenvalue weighted by molar-refractivity contribution is 5.81. The van der Waals surface area contributed by atoms with Crippen LogP contribution in [0, 0.1) is 0 Å². The number of aliphatic carboxylic acids is 1. The summed E-state index contributed by atoms with van der Waals surface area (Å²) >= 11 is 0. The molecule has 0 aliphatic carbocycles. The third-order valence-corrected chi connectivity index (χ3v) is 10.6. The average molecular weight is 694 g/mol. The SMILES string of the molecule is CCCCCCCC[N+](CCCCCCCC)(CCCCCCCC)CCCCCCCC.O=C([O-])C(O)(c1ccccc1)c1ccccc1. The normalized spacial score (nSPS) is 11.7. The predicted molar refractivity (Wildman–Crippen MR) is 214 cm³/mol. The molecule has 2 aromatic rings. The lowest BCUT2D eigenvalue weighted by Gasteiger charge is -2.40. The molecule has 0 aromatic heterocycles. The maximum absolute atomic E-state index is 11.3. The van der Waals surface area contributed by atoms with E-state index in [0.29, 0.717) is 0 Å². The van der Waals surface area contributed by atoms with Crippen molar-refractivity contribution >= 4 is 5.97 Å². The molecule has 0 spiro atoms. The van der Waals surface area contributed by atoms with Crippen molar-refractivity contribution in [1.29, 1.82) is 0 Å². The van der Waals surface area contributed by atoms with Gasteiger partial charge in [0.05, 0.1) is 32.1 Å². The highest BCUT2D eigenvalue weighted by atomic mass is 16.4. The minimum Gasteiger partial charge on any atom is -0.546 e. The van der Waals surface area contributed by atoms with E-state index in [9.17, 15) is 15.0 Å². The summed E-state index contributed by atoms with van der Waals surface area (Å²) in [5.41, 5.74) is -1.54. The lowest BCUT2D eigenvalue weighted by atomic mass is 9.86. The van der Waals surface area contributed by atoms with Crippen LogP contribution in [0.2, 0.25) is 0 Å². The zero-order valence-corrected chi connectivity index (χ0v) is 33.3. The summed E-state index contributed by atoms with van der Waals surface area (Å²) in [5.74, 6) is -1.53. The van der Waals surface area contributed by atoms with Crippen LogP contribution in [0.4, 0.5) is 0 Å². The fourth-order valence-corrected chi connectivity index (χ4v) is 7.34. The van der Waals surface area contributed by atoms with Crippen LogP contribution in [0.3, 0.4) is 0 Å². The number of quaternary nitrogens is 1. The fraction of sp³-hybridized carbons (Fsp3) is 0.717. The monoisotopic (exact) mass is 694 g/mol.